The molecule has 0 aromatic heterocycles. The summed E-state index contributed by atoms with van der Waals surface area (Å²) < 4.78 is 0. The molecule has 1 aromatic rings. The van der Waals surface area contributed by atoms with Crippen LogP contribution in [0.3, 0.4) is 0 Å². The lowest BCUT2D eigenvalue weighted by atomic mass is 10.1. The summed E-state index contributed by atoms with van der Waals surface area (Å²) >= 11 is 0. The number of carbonyl (C=O) groups excluding carboxylic acids is 2. The molecule has 0 aliphatic heterocycles. The Morgan fingerprint density at radius 1 is 1.46 bits per heavy atom. The van der Waals surface area contributed by atoms with Crippen LogP contribution < -0.4 is 0 Å². The largest absolute Gasteiger partial charge is 0.303 e. The molecule has 0 fully saturated rings. The summed E-state index contributed by atoms with van der Waals surface area (Å²) in [5, 5.41) is 0. The molecule has 13 heavy (non-hydrogen) atoms. The Hall–Kier alpha value is -1.44. The molecule has 0 unspecified atom stereocenters. The van der Waals surface area contributed by atoms with Gasteiger partial charge in [-0.05, 0) is 25.0 Å². The number of aryl methyl sites for hydroxylation is 1. The van der Waals surface area contributed by atoms with E-state index in [9.17, 15) is 9.59 Å². The highest BCUT2D eigenvalue weighted by Crippen LogP contribution is 2.07. The molecule has 0 bridgehead atoms. The monoisotopic (exact) mass is 176 g/mol. The van der Waals surface area contributed by atoms with Crippen molar-refractivity contribution in [2.24, 2.45) is 0 Å². The Bertz CT molecular complexity index is 316. The van der Waals surface area contributed by atoms with E-state index in [2.05, 4.69) is 0 Å². The van der Waals surface area contributed by atoms with Crippen molar-refractivity contribution in [3.63, 3.8) is 0 Å². The number of benzene rings is 1. The Morgan fingerprint density at radius 3 is 2.85 bits per heavy atom. The lowest BCUT2D eigenvalue weighted by Gasteiger charge is -1.99. The normalized spacial score (nSPS) is 9.62. The number of carbonyl (C=O) groups is 2. The standard InChI is InChI=1S/C11H12O2/c1-9(13)11-6-2-4-10(8-11)5-3-7-12/h2,4,6-8H,3,5H2,1H3. The number of Topliss-reactive ketones (excluding diaryl/α,β-unsaturated/α-hetero) is 1. The van der Waals surface area contributed by atoms with E-state index >= 15 is 0 Å². The molecule has 0 radical (unpaired) electrons. The average molecular weight is 176 g/mol. The second-order valence-electron chi connectivity index (χ2n) is 2.96. The first-order valence-electron chi connectivity index (χ1n) is 4.27. The molecule has 68 valence electrons. The number of ketones is 1. The van der Waals surface area contributed by atoms with Crippen LogP contribution in [0.4, 0.5) is 0 Å². The topological polar surface area (TPSA) is 34.1 Å². The third-order valence-corrected chi connectivity index (χ3v) is 1.88. The summed E-state index contributed by atoms with van der Waals surface area (Å²) in [7, 11) is 0. The predicted octanol–water partition coefficient (Wildman–Crippen LogP) is 2.02. The van der Waals surface area contributed by atoms with Crippen LogP contribution in [0.1, 0.15) is 29.3 Å². The first kappa shape index (κ1) is 9.65. The lowest BCUT2D eigenvalue weighted by molar-refractivity contribution is -0.107. The van der Waals surface area contributed by atoms with Crippen LogP contribution in [0.5, 0.6) is 0 Å². The molecule has 0 amide bonds. The second kappa shape index (κ2) is 4.55. The Kier molecular flexibility index (Phi) is 3.38. The molecule has 2 heteroatoms. The van der Waals surface area contributed by atoms with Gasteiger partial charge in [0, 0.05) is 12.0 Å². The van der Waals surface area contributed by atoms with Gasteiger partial charge in [0.1, 0.15) is 6.29 Å². The molecule has 1 aromatic carbocycles. The quantitative estimate of drug-likeness (QED) is 0.519. The van der Waals surface area contributed by atoms with E-state index in [4.69, 9.17) is 0 Å². The van der Waals surface area contributed by atoms with Gasteiger partial charge >= 0.3 is 0 Å². The maximum atomic E-state index is 11.0. The maximum absolute atomic E-state index is 11.0. The first-order chi connectivity index (χ1) is 6.24. The zero-order valence-electron chi connectivity index (χ0n) is 7.62. The fourth-order valence-corrected chi connectivity index (χ4v) is 1.17. The molecule has 0 atom stereocenters. The van der Waals surface area contributed by atoms with E-state index in [0.29, 0.717) is 18.4 Å². The maximum Gasteiger partial charge on any atom is 0.159 e. The summed E-state index contributed by atoms with van der Waals surface area (Å²) in [6.07, 6.45) is 2.12. The molecule has 0 saturated carbocycles. The molecule has 0 heterocycles. The molecule has 2 nitrogen and oxygen atoms in total. The number of hydrogen-bond donors (Lipinski definition) is 0. The fraction of sp³-hybridized carbons (Fsp3) is 0.273. The van der Waals surface area contributed by atoms with E-state index in [1.165, 1.54) is 0 Å². The lowest BCUT2D eigenvalue weighted by Crippen LogP contribution is -1.94. The molecule has 0 spiro atoms. The number of aldehydes is 1. The Morgan fingerprint density at radius 2 is 2.23 bits per heavy atom. The van der Waals surface area contributed by atoms with Crippen LogP contribution >= 0.6 is 0 Å². The van der Waals surface area contributed by atoms with E-state index in [-0.39, 0.29) is 5.78 Å². The third-order valence-electron chi connectivity index (χ3n) is 1.88. The zero-order chi connectivity index (χ0) is 9.68. The van der Waals surface area contributed by atoms with Gasteiger partial charge in [-0.2, -0.15) is 0 Å². The smallest absolute Gasteiger partial charge is 0.159 e. The summed E-state index contributed by atoms with van der Waals surface area (Å²) in [4.78, 5) is 21.1. The van der Waals surface area contributed by atoms with Crippen LogP contribution in [0.15, 0.2) is 24.3 Å². The van der Waals surface area contributed by atoms with Gasteiger partial charge in [0.25, 0.3) is 0 Å². The van der Waals surface area contributed by atoms with Gasteiger partial charge in [-0.25, -0.2) is 0 Å². The van der Waals surface area contributed by atoms with Crippen LogP contribution in [0, 0.1) is 0 Å². The van der Waals surface area contributed by atoms with Crippen molar-refractivity contribution in [3.05, 3.63) is 35.4 Å². The van der Waals surface area contributed by atoms with Crippen molar-refractivity contribution in [1.29, 1.82) is 0 Å². The van der Waals surface area contributed by atoms with Gasteiger partial charge < -0.3 is 4.79 Å². The Balaban J connectivity index is 2.79. The highest BCUT2D eigenvalue weighted by atomic mass is 16.1. The van der Waals surface area contributed by atoms with Crippen LogP contribution in [0.2, 0.25) is 0 Å². The minimum absolute atomic E-state index is 0.0629. The first-order valence-corrected chi connectivity index (χ1v) is 4.27. The Labute approximate surface area is 77.6 Å². The van der Waals surface area contributed by atoms with Crippen LogP contribution in [-0.2, 0) is 11.2 Å². The summed E-state index contributed by atoms with van der Waals surface area (Å²) in [5.41, 5.74) is 1.75. The minimum Gasteiger partial charge on any atom is -0.303 e. The molecule has 1 rings (SSSR count). The third kappa shape index (κ3) is 2.82. The zero-order valence-corrected chi connectivity index (χ0v) is 7.62. The molecule has 0 aliphatic carbocycles. The van der Waals surface area contributed by atoms with Gasteiger partial charge in [0.15, 0.2) is 5.78 Å². The van der Waals surface area contributed by atoms with E-state index < -0.39 is 0 Å². The van der Waals surface area contributed by atoms with E-state index in [0.717, 1.165) is 11.8 Å². The van der Waals surface area contributed by atoms with Crippen LogP contribution in [-0.4, -0.2) is 12.1 Å². The molecule has 0 saturated heterocycles. The minimum atomic E-state index is 0.0629. The van der Waals surface area contributed by atoms with Crippen LogP contribution in [0.25, 0.3) is 0 Å². The molecular weight excluding hydrogens is 164 g/mol. The van der Waals surface area contributed by atoms with Crippen molar-refractivity contribution in [2.45, 2.75) is 19.8 Å². The van der Waals surface area contributed by atoms with Gasteiger partial charge in [0.05, 0.1) is 0 Å². The second-order valence-corrected chi connectivity index (χ2v) is 2.96. The number of hydrogen-bond acceptors (Lipinski definition) is 2. The average Bonchev–Trinajstić information content (AvgIpc) is 2.15. The highest BCUT2D eigenvalue weighted by molar-refractivity contribution is 5.94. The van der Waals surface area contributed by atoms with E-state index in [1.54, 1.807) is 13.0 Å². The molecular formula is C11H12O2. The van der Waals surface area contributed by atoms with Gasteiger partial charge in [-0.15, -0.1) is 0 Å². The van der Waals surface area contributed by atoms with Crippen molar-refractivity contribution in [3.8, 4) is 0 Å². The number of rotatable bonds is 4. The van der Waals surface area contributed by atoms with Gasteiger partial charge in [-0.1, -0.05) is 18.2 Å². The summed E-state index contributed by atoms with van der Waals surface area (Å²) in [6, 6.07) is 7.39. The van der Waals surface area contributed by atoms with Crippen molar-refractivity contribution in [1.82, 2.24) is 0 Å². The fourth-order valence-electron chi connectivity index (χ4n) is 1.17. The van der Waals surface area contributed by atoms with Crippen molar-refractivity contribution in [2.75, 3.05) is 0 Å². The summed E-state index contributed by atoms with van der Waals surface area (Å²) in [5.74, 6) is 0.0629. The molecule has 0 N–H and O–H groups in total. The summed E-state index contributed by atoms with van der Waals surface area (Å²) in [6.45, 7) is 1.54. The predicted molar refractivity (Wildman–Crippen MR) is 50.8 cm³/mol. The highest BCUT2D eigenvalue weighted by Gasteiger charge is 1.99. The SMILES string of the molecule is CC(=O)c1cccc(CCC=O)c1. The van der Waals surface area contributed by atoms with Crippen molar-refractivity contribution >= 4 is 12.1 Å². The van der Waals surface area contributed by atoms with Crippen molar-refractivity contribution < 1.29 is 9.59 Å². The van der Waals surface area contributed by atoms with Gasteiger partial charge in [-0.3, -0.25) is 4.79 Å². The molecule has 0 aliphatic rings. The van der Waals surface area contributed by atoms with E-state index in [1.807, 2.05) is 18.2 Å². The van der Waals surface area contributed by atoms with Gasteiger partial charge in [0.2, 0.25) is 0 Å².